The van der Waals surface area contributed by atoms with Crippen LogP contribution in [-0.2, 0) is 26.2 Å². The van der Waals surface area contributed by atoms with Crippen LogP contribution in [-0.4, -0.2) is 9.52 Å². The quantitative estimate of drug-likeness (QED) is 0.136. The molecule has 6 aromatic carbocycles. The Morgan fingerprint density at radius 2 is 1.23 bits per heavy atom. The van der Waals surface area contributed by atoms with Gasteiger partial charge in [0.15, 0.2) is 0 Å². The predicted molar refractivity (Wildman–Crippen MR) is 171 cm³/mol. The minimum Gasteiger partial charge on any atom is -0.165 e. The Morgan fingerprint density at radius 1 is 0.667 bits per heavy atom. The summed E-state index contributed by atoms with van der Waals surface area (Å²) in [5.41, 5.74) is 7.79. The summed E-state index contributed by atoms with van der Waals surface area (Å²) < 4.78 is 0. The molecule has 0 aromatic heterocycles. The Balaban J connectivity index is 0.000000192. The maximum absolute atomic E-state index is 6.23. The van der Waals surface area contributed by atoms with Crippen molar-refractivity contribution in [3.63, 3.8) is 0 Å². The van der Waals surface area contributed by atoms with Crippen LogP contribution in [0.2, 0.25) is 18.1 Å². The number of rotatable bonds is 3. The molecule has 194 valence electrons. The molecule has 0 nitrogen and oxygen atoms in total. The van der Waals surface area contributed by atoms with Crippen LogP contribution in [0.5, 0.6) is 0 Å². The molecule has 0 saturated heterocycles. The van der Waals surface area contributed by atoms with Gasteiger partial charge in [-0.1, -0.05) is 124 Å². The van der Waals surface area contributed by atoms with Crippen molar-refractivity contribution in [2.75, 3.05) is 0 Å². The van der Waals surface area contributed by atoms with Crippen molar-refractivity contribution in [2.45, 2.75) is 39.8 Å². The SMILES string of the molecule is CC(C)c1cc2c(-c3ccccc3)cccc2[cH-]1.C[Si]C.Cc1cc2c(-c3ccccc3)ccc(Cl)c2[cH-]1.[Zr+2]. The maximum atomic E-state index is 6.23. The van der Waals surface area contributed by atoms with Crippen LogP contribution < -0.4 is 0 Å². The molecule has 0 aliphatic heterocycles. The van der Waals surface area contributed by atoms with Gasteiger partial charge in [-0.3, -0.25) is 0 Å². The van der Waals surface area contributed by atoms with Gasteiger partial charge in [-0.15, -0.1) is 68.5 Å². The standard InChI is InChI=1S/C18H17.C16H12Cl.C2H6Si.Zr/c1-13(2)16-11-15-9-6-10-17(18(15)12-16)14-7-4-3-5-8-14;1-11-9-14-13(12-5-3-2-4-6-12)7-8-16(17)15(14)10-11;1-3-2;/h3-13H,1-2H3;2-10H,1H3;1-2H3;/q2*-1;;+2. The fraction of sp³-hybridized carbons (Fsp3) is 0.167. The molecule has 0 aliphatic rings. The molecule has 0 heterocycles. The fourth-order valence-electron chi connectivity index (χ4n) is 4.74. The van der Waals surface area contributed by atoms with Gasteiger partial charge in [-0.05, 0) is 22.1 Å². The molecule has 0 N–H and O–H groups in total. The third kappa shape index (κ3) is 7.57. The van der Waals surface area contributed by atoms with E-state index in [-0.39, 0.29) is 26.2 Å². The molecule has 6 aromatic rings. The minimum absolute atomic E-state index is 0. The van der Waals surface area contributed by atoms with Crippen LogP contribution in [0.3, 0.4) is 0 Å². The van der Waals surface area contributed by atoms with Crippen molar-refractivity contribution in [1.82, 2.24) is 0 Å². The Morgan fingerprint density at radius 3 is 1.79 bits per heavy atom. The van der Waals surface area contributed by atoms with Crippen molar-refractivity contribution in [2.24, 2.45) is 0 Å². The second kappa shape index (κ2) is 14.8. The van der Waals surface area contributed by atoms with E-state index in [1.54, 1.807) is 0 Å². The van der Waals surface area contributed by atoms with Gasteiger partial charge in [0.2, 0.25) is 0 Å². The molecule has 0 saturated carbocycles. The second-order valence-electron chi connectivity index (χ2n) is 9.94. The maximum Gasteiger partial charge on any atom is 2.00 e. The summed E-state index contributed by atoms with van der Waals surface area (Å²) in [7, 11) is 1.08. The van der Waals surface area contributed by atoms with E-state index in [4.69, 9.17) is 11.6 Å². The first-order valence-corrected chi connectivity index (χ1v) is 15.5. The van der Waals surface area contributed by atoms with Crippen molar-refractivity contribution in [3.05, 3.63) is 131 Å². The summed E-state index contributed by atoms with van der Waals surface area (Å²) in [6, 6.07) is 40.7. The molecule has 0 unspecified atom stereocenters. The number of benzene rings is 4. The normalized spacial score (nSPS) is 10.4. The summed E-state index contributed by atoms with van der Waals surface area (Å²) in [6.07, 6.45) is 0. The van der Waals surface area contributed by atoms with Gasteiger partial charge < -0.3 is 0 Å². The first kappa shape index (κ1) is 31.0. The van der Waals surface area contributed by atoms with Crippen LogP contribution in [0.4, 0.5) is 0 Å². The summed E-state index contributed by atoms with van der Waals surface area (Å²) in [5, 5.41) is 5.92. The Kier molecular flexibility index (Phi) is 11.7. The van der Waals surface area contributed by atoms with E-state index in [0.29, 0.717) is 5.92 Å². The molecule has 0 amide bonds. The monoisotopic (exact) mass is 620 g/mol. The number of fused-ring (bicyclic) bond motifs is 2. The zero-order valence-corrected chi connectivity index (χ0v) is 27.6. The first-order valence-electron chi connectivity index (χ1n) is 13.2. The molecule has 0 fully saturated rings. The number of aryl methyl sites for hydroxylation is 1. The average molecular weight is 622 g/mol. The van der Waals surface area contributed by atoms with E-state index in [9.17, 15) is 0 Å². The minimum atomic E-state index is 0. The zero-order chi connectivity index (χ0) is 27.1. The number of hydrogen-bond acceptors (Lipinski definition) is 0. The Hall–Kier alpha value is -2.51. The van der Waals surface area contributed by atoms with Gasteiger partial charge in [0.05, 0.1) is 0 Å². The van der Waals surface area contributed by atoms with Crippen molar-refractivity contribution in [1.29, 1.82) is 0 Å². The molecule has 0 spiro atoms. The molecular weight excluding hydrogens is 587 g/mol. The third-order valence-electron chi connectivity index (χ3n) is 6.59. The van der Waals surface area contributed by atoms with Crippen LogP contribution in [0.15, 0.2) is 115 Å². The van der Waals surface area contributed by atoms with Crippen LogP contribution in [0, 0.1) is 6.92 Å². The van der Waals surface area contributed by atoms with Crippen molar-refractivity contribution >= 4 is 42.7 Å². The molecular formula is C36H35ClSiZr. The molecule has 6 rings (SSSR count). The van der Waals surface area contributed by atoms with Crippen LogP contribution in [0.25, 0.3) is 43.8 Å². The topological polar surface area (TPSA) is 0 Å². The van der Waals surface area contributed by atoms with Gasteiger partial charge >= 0.3 is 26.2 Å². The van der Waals surface area contributed by atoms with Gasteiger partial charge in [0.1, 0.15) is 0 Å². The Bertz CT molecular complexity index is 1590. The molecule has 0 bridgehead atoms. The van der Waals surface area contributed by atoms with E-state index >= 15 is 0 Å². The van der Waals surface area contributed by atoms with Crippen molar-refractivity contribution < 1.29 is 26.2 Å². The summed E-state index contributed by atoms with van der Waals surface area (Å²) in [4.78, 5) is 0. The molecule has 39 heavy (non-hydrogen) atoms. The second-order valence-corrected chi connectivity index (χ2v) is 11.3. The van der Waals surface area contributed by atoms with E-state index in [2.05, 4.69) is 137 Å². The van der Waals surface area contributed by atoms with Gasteiger partial charge in [-0.2, -0.15) is 12.1 Å². The van der Waals surface area contributed by atoms with E-state index in [1.165, 1.54) is 49.5 Å². The van der Waals surface area contributed by atoms with Crippen LogP contribution >= 0.6 is 11.6 Å². The van der Waals surface area contributed by atoms with E-state index in [1.807, 2.05) is 12.1 Å². The van der Waals surface area contributed by atoms with Crippen LogP contribution in [0.1, 0.15) is 30.9 Å². The van der Waals surface area contributed by atoms with Crippen molar-refractivity contribution in [3.8, 4) is 22.3 Å². The summed E-state index contributed by atoms with van der Waals surface area (Å²) in [6.45, 7) is 10.9. The summed E-state index contributed by atoms with van der Waals surface area (Å²) >= 11 is 6.23. The number of hydrogen-bond donors (Lipinski definition) is 0. The van der Waals surface area contributed by atoms with E-state index in [0.717, 1.165) is 19.9 Å². The molecule has 0 aliphatic carbocycles. The number of halogens is 1. The average Bonchev–Trinajstić information content (AvgIpc) is 3.55. The summed E-state index contributed by atoms with van der Waals surface area (Å²) in [5.74, 6) is 0.584. The molecule has 0 atom stereocenters. The Labute approximate surface area is 260 Å². The third-order valence-corrected chi connectivity index (χ3v) is 6.92. The molecule has 2 radical (unpaired) electrons. The largest absolute Gasteiger partial charge is 2.00 e. The fourth-order valence-corrected chi connectivity index (χ4v) is 4.96. The van der Waals surface area contributed by atoms with Gasteiger partial charge in [0, 0.05) is 9.52 Å². The van der Waals surface area contributed by atoms with Gasteiger partial charge in [0.25, 0.3) is 0 Å². The smallest absolute Gasteiger partial charge is 0.165 e. The molecule has 3 heteroatoms. The first-order chi connectivity index (χ1) is 18.4. The predicted octanol–water partition coefficient (Wildman–Crippen LogP) is 11.3. The van der Waals surface area contributed by atoms with E-state index < -0.39 is 0 Å². The van der Waals surface area contributed by atoms with Gasteiger partial charge in [-0.25, -0.2) is 0 Å². The zero-order valence-electron chi connectivity index (χ0n) is 23.4.